The highest BCUT2D eigenvalue weighted by molar-refractivity contribution is 6.05. The summed E-state index contributed by atoms with van der Waals surface area (Å²) in [7, 11) is 4.89. The molecule has 202 valence electrons. The Kier molecular flexibility index (Phi) is 7.07. The summed E-state index contributed by atoms with van der Waals surface area (Å²) >= 11 is 0. The largest absolute Gasteiger partial charge is 0.493 e. The summed E-state index contributed by atoms with van der Waals surface area (Å²) in [5.41, 5.74) is 10.2. The number of carbonyl (C=O) groups is 1. The predicted molar refractivity (Wildman–Crippen MR) is 154 cm³/mol. The van der Waals surface area contributed by atoms with Crippen molar-refractivity contribution < 1.29 is 14.3 Å². The molecule has 3 aromatic carbocycles. The molecule has 40 heavy (non-hydrogen) atoms. The number of benzene rings is 3. The van der Waals surface area contributed by atoms with E-state index in [1.807, 2.05) is 42.5 Å². The zero-order chi connectivity index (χ0) is 28.4. The summed E-state index contributed by atoms with van der Waals surface area (Å²) in [4.78, 5) is 35.4. The van der Waals surface area contributed by atoms with Crippen LogP contribution in [0.1, 0.15) is 16.1 Å². The van der Waals surface area contributed by atoms with Gasteiger partial charge >= 0.3 is 0 Å². The van der Waals surface area contributed by atoms with Crippen molar-refractivity contribution in [2.45, 2.75) is 6.92 Å². The molecule has 0 aliphatic heterocycles. The van der Waals surface area contributed by atoms with Gasteiger partial charge in [-0.1, -0.05) is 30.3 Å². The van der Waals surface area contributed by atoms with Crippen LogP contribution in [0.25, 0.3) is 28.2 Å². The van der Waals surface area contributed by atoms with Gasteiger partial charge in [0, 0.05) is 23.9 Å². The Bertz CT molecular complexity index is 1760. The molecule has 0 bridgehead atoms. The molecule has 0 aliphatic carbocycles. The summed E-state index contributed by atoms with van der Waals surface area (Å²) in [5.74, 6) is 0.958. The topological polar surface area (TPSA) is 126 Å². The number of anilines is 2. The molecule has 5 rings (SSSR count). The van der Waals surface area contributed by atoms with Gasteiger partial charge in [0.1, 0.15) is 17.1 Å². The predicted octanol–water partition coefficient (Wildman–Crippen LogP) is 4.46. The minimum absolute atomic E-state index is 0.0770. The number of hydrogen-bond donors (Lipinski definition) is 2. The lowest BCUT2D eigenvalue weighted by Gasteiger charge is -2.11. The maximum absolute atomic E-state index is 13.2. The van der Waals surface area contributed by atoms with E-state index < -0.39 is 11.5 Å². The first kappa shape index (κ1) is 26.2. The lowest BCUT2D eigenvalue weighted by atomic mass is 10.1. The van der Waals surface area contributed by atoms with Crippen LogP contribution in [0.5, 0.6) is 11.5 Å². The van der Waals surface area contributed by atoms with Gasteiger partial charge in [-0.2, -0.15) is 0 Å². The van der Waals surface area contributed by atoms with Gasteiger partial charge in [-0.25, -0.2) is 14.6 Å². The fourth-order valence-corrected chi connectivity index (χ4v) is 4.48. The molecule has 0 atom stereocenters. The quantitative estimate of drug-likeness (QED) is 0.314. The van der Waals surface area contributed by atoms with E-state index in [0.29, 0.717) is 45.5 Å². The Hall–Kier alpha value is -5.38. The third-order valence-corrected chi connectivity index (χ3v) is 6.68. The molecule has 0 fully saturated rings. The summed E-state index contributed by atoms with van der Waals surface area (Å²) < 4.78 is 13.9. The molecule has 1 amide bonds. The van der Waals surface area contributed by atoms with Gasteiger partial charge in [-0.3, -0.25) is 14.3 Å². The highest BCUT2D eigenvalue weighted by Crippen LogP contribution is 2.33. The van der Waals surface area contributed by atoms with Crippen molar-refractivity contribution in [2.75, 3.05) is 25.3 Å². The molecule has 0 spiro atoms. The van der Waals surface area contributed by atoms with Crippen molar-refractivity contribution >= 4 is 17.4 Å². The van der Waals surface area contributed by atoms with E-state index in [1.54, 1.807) is 69.4 Å². The molecule has 0 radical (unpaired) electrons. The van der Waals surface area contributed by atoms with Crippen molar-refractivity contribution in [3.05, 3.63) is 101 Å². The van der Waals surface area contributed by atoms with E-state index >= 15 is 0 Å². The number of rotatable bonds is 7. The average Bonchev–Trinajstić information content (AvgIpc) is 3.21. The highest BCUT2D eigenvalue weighted by atomic mass is 16.5. The number of nitrogen functional groups attached to an aromatic ring is 1. The zero-order valence-electron chi connectivity index (χ0n) is 22.5. The zero-order valence-corrected chi connectivity index (χ0v) is 22.5. The van der Waals surface area contributed by atoms with Gasteiger partial charge in [0.2, 0.25) is 0 Å². The van der Waals surface area contributed by atoms with Gasteiger partial charge in [0.25, 0.3) is 11.5 Å². The normalized spacial score (nSPS) is 10.8. The lowest BCUT2D eigenvalue weighted by molar-refractivity contribution is 0.102. The molecule has 0 unspecified atom stereocenters. The van der Waals surface area contributed by atoms with Crippen molar-refractivity contribution in [1.29, 1.82) is 0 Å². The number of carbonyl (C=O) groups excluding carboxylic acids is 1. The van der Waals surface area contributed by atoms with Gasteiger partial charge in [-0.15, -0.1) is 0 Å². The first-order valence-electron chi connectivity index (χ1n) is 12.4. The average molecular weight is 537 g/mol. The van der Waals surface area contributed by atoms with Crippen LogP contribution in [-0.2, 0) is 7.05 Å². The molecule has 0 saturated carbocycles. The first-order valence-corrected chi connectivity index (χ1v) is 12.4. The number of aromatic nitrogens is 4. The van der Waals surface area contributed by atoms with Crippen LogP contribution in [0.15, 0.2) is 83.8 Å². The van der Waals surface area contributed by atoms with Crippen LogP contribution in [0.2, 0.25) is 0 Å². The van der Waals surface area contributed by atoms with E-state index in [9.17, 15) is 9.59 Å². The van der Waals surface area contributed by atoms with E-state index in [2.05, 4.69) is 10.3 Å². The number of ether oxygens (including phenoxy) is 2. The Morgan fingerprint density at radius 3 is 2.27 bits per heavy atom. The molecule has 5 aromatic rings. The van der Waals surface area contributed by atoms with E-state index in [4.69, 9.17) is 20.2 Å². The van der Waals surface area contributed by atoms with Crippen LogP contribution < -0.4 is 26.1 Å². The third-order valence-electron chi connectivity index (χ3n) is 6.68. The second kappa shape index (κ2) is 10.8. The Morgan fingerprint density at radius 1 is 0.925 bits per heavy atom. The van der Waals surface area contributed by atoms with Crippen molar-refractivity contribution in [3.63, 3.8) is 0 Å². The Morgan fingerprint density at radius 2 is 1.60 bits per heavy atom. The van der Waals surface area contributed by atoms with Gasteiger partial charge in [0.15, 0.2) is 11.5 Å². The second-order valence-corrected chi connectivity index (χ2v) is 9.03. The maximum Gasteiger partial charge on any atom is 0.284 e. The fourth-order valence-electron chi connectivity index (χ4n) is 4.48. The van der Waals surface area contributed by atoms with Gasteiger partial charge in [-0.05, 0) is 49.4 Å². The van der Waals surface area contributed by atoms with E-state index in [-0.39, 0.29) is 11.4 Å². The third kappa shape index (κ3) is 4.78. The van der Waals surface area contributed by atoms with Crippen LogP contribution in [0.3, 0.4) is 0 Å². The number of nitrogens with two attached hydrogens (primary N) is 1. The molecule has 10 nitrogen and oxygen atoms in total. The minimum Gasteiger partial charge on any atom is -0.493 e. The number of nitrogens with zero attached hydrogens (tertiary/aromatic N) is 4. The molecular formula is C30H28N6O4. The fraction of sp³-hybridized carbons (Fsp3) is 0.133. The molecular weight excluding hydrogens is 508 g/mol. The summed E-state index contributed by atoms with van der Waals surface area (Å²) in [6, 6.07) is 21.7. The Balaban J connectivity index is 1.40. The van der Waals surface area contributed by atoms with Crippen molar-refractivity contribution in [2.24, 2.45) is 7.05 Å². The van der Waals surface area contributed by atoms with Crippen LogP contribution in [0, 0.1) is 6.92 Å². The molecule has 2 heterocycles. The smallest absolute Gasteiger partial charge is 0.284 e. The number of methoxy groups -OCH3 is 2. The van der Waals surface area contributed by atoms with E-state index in [0.717, 1.165) is 5.56 Å². The molecule has 10 heteroatoms. The SMILES string of the molecule is COc1ccc(-c2cnc(N)c(-c3ccc(NC(=O)c4c(C)n(C)n(-c5ccccc5)c4=O)cc3)n2)cc1OC. The van der Waals surface area contributed by atoms with Gasteiger partial charge in [0.05, 0.1) is 37.5 Å². The highest BCUT2D eigenvalue weighted by Gasteiger charge is 2.22. The van der Waals surface area contributed by atoms with Gasteiger partial charge < -0.3 is 20.5 Å². The molecule has 0 aliphatic rings. The van der Waals surface area contributed by atoms with Crippen molar-refractivity contribution in [3.8, 4) is 39.7 Å². The van der Waals surface area contributed by atoms with E-state index in [1.165, 1.54) is 4.68 Å². The van der Waals surface area contributed by atoms with Crippen LogP contribution in [0.4, 0.5) is 11.5 Å². The number of hydrogen-bond acceptors (Lipinski definition) is 7. The number of nitrogens with one attached hydrogen (secondary N) is 1. The van der Waals surface area contributed by atoms with Crippen molar-refractivity contribution in [1.82, 2.24) is 19.3 Å². The number of amides is 1. The summed E-state index contributed by atoms with van der Waals surface area (Å²) in [5, 5.41) is 2.83. The monoisotopic (exact) mass is 536 g/mol. The lowest BCUT2D eigenvalue weighted by Crippen LogP contribution is -2.25. The second-order valence-electron chi connectivity index (χ2n) is 9.03. The molecule has 3 N–H and O–H groups in total. The summed E-state index contributed by atoms with van der Waals surface area (Å²) in [6.45, 7) is 1.74. The molecule has 0 saturated heterocycles. The minimum atomic E-state index is -0.490. The summed E-state index contributed by atoms with van der Waals surface area (Å²) in [6.07, 6.45) is 1.60. The van der Waals surface area contributed by atoms with Crippen LogP contribution in [-0.4, -0.2) is 39.5 Å². The standard InChI is InChI=1S/C30H28N6O4/c1-18-26(30(38)36(35(18)2)22-8-6-5-7-9-22)29(37)33-21-13-10-19(11-14-21)27-28(31)32-17-23(34-27)20-12-15-24(39-3)25(16-20)40-4/h5-17H,1-4H3,(H2,31,32)(H,33,37). The Labute approximate surface area is 230 Å². The molecule has 2 aromatic heterocycles. The maximum atomic E-state index is 13.2. The van der Waals surface area contributed by atoms with Crippen LogP contribution >= 0.6 is 0 Å². The number of para-hydroxylation sites is 1. The first-order chi connectivity index (χ1) is 19.3.